The molecule has 0 atom stereocenters. The van der Waals surface area contributed by atoms with Crippen molar-refractivity contribution in [3.8, 4) is 0 Å². The molecule has 0 saturated carbocycles. The number of hydrogen-bond donors (Lipinski definition) is 2. The molecule has 0 radical (unpaired) electrons. The van der Waals surface area contributed by atoms with Crippen LogP contribution in [0.1, 0.15) is 36.7 Å². The minimum absolute atomic E-state index is 0.0189. The molecule has 2 aromatic carbocycles. The smallest absolute Gasteiger partial charge is 0.337 e. The highest BCUT2D eigenvalue weighted by atomic mass is 16.5. The van der Waals surface area contributed by atoms with E-state index in [9.17, 15) is 9.59 Å². The van der Waals surface area contributed by atoms with Crippen LogP contribution in [0.15, 0.2) is 48.5 Å². The average Bonchev–Trinajstić information content (AvgIpc) is 2.59. The highest BCUT2D eigenvalue weighted by molar-refractivity contribution is 5.96. The SMILES string of the molecule is COC(=O)c1cccc(NC(=O)CNc2ccccc2C(C)(C)C)c1. The average molecular weight is 340 g/mol. The molecule has 0 aliphatic rings. The van der Waals surface area contributed by atoms with E-state index >= 15 is 0 Å². The van der Waals surface area contributed by atoms with Gasteiger partial charge in [0, 0.05) is 11.4 Å². The molecular formula is C20H24N2O3. The van der Waals surface area contributed by atoms with Crippen molar-refractivity contribution in [2.45, 2.75) is 26.2 Å². The van der Waals surface area contributed by atoms with Crippen molar-refractivity contribution in [1.29, 1.82) is 0 Å². The van der Waals surface area contributed by atoms with E-state index < -0.39 is 5.97 Å². The van der Waals surface area contributed by atoms with Crippen LogP contribution in [0.3, 0.4) is 0 Å². The Morgan fingerprint density at radius 1 is 1.04 bits per heavy atom. The van der Waals surface area contributed by atoms with Crippen molar-refractivity contribution in [2.24, 2.45) is 0 Å². The van der Waals surface area contributed by atoms with Crippen LogP contribution in [0.2, 0.25) is 0 Å². The molecule has 0 unspecified atom stereocenters. The monoisotopic (exact) mass is 340 g/mol. The third kappa shape index (κ3) is 5.08. The number of amides is 1. The molecular weight excluding hydrogens is 316 g/mol. The lowest BCUT2D eigenvalue weighted by Gasteiger charge is -2.23. The molecule has 2 rings (SSSR count). The molecule has 1 amide bonds. The maximum Gasteiger partial charge on any atom is 0.337 e. The third-order valence-electron chi connectivity index (χ3n) is 3.74. The van der Waals surface area contributed by atoms with Crippen LogP contribution in [0.5, 0.6) is 0 Å². The van der Waals surface area contributed by atoms with Crippen molar-refractivity contribution < 1.29 is 14.3 Å². The first kappa shape index (κ1) is 18.5. The minimum Gasteiger partial charge on any atom is -0.465 e. The van der Waals surface area contributed by atoms with Gasteiger partial charge in [-0.1, -0.05) is 45.0 Å². The van der Waals surface area contributed by atoms with Crippen LogP contribution in [-0.4, -0.2) is 25.5 Å². The van der Waals surface area contributed by atoms with Gasteiger partial charge in [0.25, 0.3) is 0 Å². The van der Waals surface area contributed by atoms with Crippen molar-refractivity contribution in [1.82, 2.24) is 0 Å². The number of hydrogen-bond acceptors (Lipinski definition) is 4. The maximum absolute atomic E-state index is 12.2. The predicted octanol–water partition coefficient (Wildman–Crippen LogP) is 3.82. The summed E-state index contributed by atoms with van der Waals surface area (Å²) in [6.07, 6.45) is 0. The molecule has 5 nitrogen and oxygen atoms in total. The predicted molar refractivity (Wildman–Crippen MR) is 100 cm³/mol. The second-order valence-electron chi connectivity index (χ2n) is 6.77. The topological polar surface area (TPSA) is 67.4 Å². The van der Waals surface area contributed by atoms with Crippen LogP contribution in [0.25, 0.3) is 0 Å². The zero-order chi connectivity index (χ0) is 18.4. The largest absolute Gasteiger partial charge is 0.465 e. The van der Waals surface area contributed by atoms with Crippen LogP contribution in [-0.2, 0) is 14.9 Å². The van der Waals surface area contributed by atoms with Gasteiger partial charge in [0.15, 0.2) is 0 Å². The van der Waals surface area contributed by atoms with E-state index in [4.69, 9.17) is 0 Å². The Kier molecular flexibility index (Phi) is 5.80. The van der Waals surface area contributed by atoms with E-state index in [2.05, 4.69) is 42.2 Å². The van der Waals surface area contributed by atoms with Gasteiger partial charge in [-0.3, -0.25) is 4.79 Å². The summed E-state index contributed by atoms with van der Waals surface area (Å²) in [5.41, 5.74) is 3.02. The molecule has 0 aromatic heterocycles. The maximum atomic E-state index is 12.2. The standard InChI is InChI=1S/C20H24N2O3/c1-20(2,3)16-10-5-6-11-17(16)21-13-18(23)22-15-9-7-8-14(12-15)19(24)25-4/h5-12,21H,13H2,1-4H3,(H,22,23). The van der Waals surface area contributed by atoms with Crippen molar-refractivity contribution in [3.05, 3.63) is 59.7 Å². The molecule has 0 fully saturated rings. The lowest BCUT2D eigenvalue weighted by atomic mass is 9.86. The summed E-state index contributed by atoms with van der Waals surface area (Å²) in [7, 11) is 1.32. The Balaban J connectivity index is 2.02. The second kappa shape index (κ2) is 7.83. The number of esters is 1. The van der Waals surface area contributed by atoms with E-state index in [0.717, 1.165) is 11.3 Å². The van der Waals surface area contributed by atoms with Crippen molar-refractivity contribution in [2.75, 3.05) is 24.3 Å². The summed E-state index contributed by atoms with van der Waals surface area (Å²) in [5, 5.41) is 5.97. The Morgan fingerprint density at radius 2 is 1.76 bits per heavy atom. The van der Waals surface area contributed by atoms with Gasteiger partial charge < -0.3 is 15.4 Å². The first-order chi connectivity index (χ1) is 11.8. The molecule has 0 spiro atoms. The number of carbonyl (C=O) groups is 2. The number of methoxy groups -OCH3 is 1. The molecule has 0 bridgehead atoms. The highest BCUT2D eigenvalue weighted by Gasteiger charge is 2.17. The number of anilines is 2. The molecule has 2 aromatic rings. The first-order valence-electron chi connectivity index (χ1n) is 8.13. The number of para-hydroxylation sites is 1. The van der Waals surface area contributed by atoms with E-state index in [-0.39, 0.29) is 17.9 Å². The molecule has 0 aliphatic carbocycles. The molecule has 25 heavy (non-hydrogen) atoms. The summed E-state index contributed by atoms with van der Waals surface area (Å²) in [5.74, 6) is -0.626. The molecule has 0 heterocycles. The molecule has 0 aliphatic heterocycles. The van der Waals surface area contributed by atoms with Gasteiger partial charge >= 0.3 is 5.97 Å². The first-order valence-corrected chi connectivity index (χ1v) is 8.13. The van der Waals surface area contributed by atoms with Gasteiger partial charge in [0.05, 0.1) is 19.2 Å². The Hall–Kier alpha value is -2.82. The van der Waals surface area contributed by atoms with Gasteiger partial charge in [0.1, 0.15) is 0 Å². The summed E-state index contributed by atoms with van der Waals surface area (Å²) in [6, 6.07) is 14.6. The van der Waals surface area contributed by atoms with Crippen LogP contribution in [0.4, 0.5) is 11.4 Å². The molecule has 0 saturated heterocycles. The molecule has 5 heteroatoms. The minimum atomic E-state index is -0.437. The van der Waals surface area contributed by atoms with Gasteiger partial charge in [-0.2, -0.15) is 0 Å². The van der Waals surface area contributed by atoms with Gasteiger partial charge in [-0.05, 0) is 35.2 Å². The Bertz CT molecular complexity index is 764. The van der Waals surface area contributed by atoms with Crippen molar-refractivity contribution >= 4 is 23.3 Å². The van der Waals surface area contributed by atoms with Crippen molar-refractivity contribution in [3.63, 3.8) is 0 Å². The summed E-state index contributed by atoms with van der Waals surface area (Å²) >= 11 is 0. The number of ether oxygens (including phenoxy) is 1. The number of nitrogens with one attached hydrogen (secondary N) is 2. The van der Waals surface area contributed by atoms with E-state index in [1.807, 2.05) is 18.2 Å². The van der Waals surface area contributed by atoms with Crippen LogP contribution in [0, 0.1) is 0 Å². The van der Waals surface area contributed by atoms with Gasteiger partial charge in [-0.15, -0.1) is 0 Å². The third-order valence-corrected chi connectivity index (χ3v) is 3.74. The summed E-state index contributed by atoms with van der Waals surface area (Å²) in [4.78, 5) is 23.8. The number of carbonyl (C=O) groups excluding carboxylic acids is 2. The molecule has 2 N–H and O–H groups in total. The van der Waals surface area contributed by atoms with E-state index in [1.54, 1.807) is 24.3 Å². The van der Waals surface area contributed by atoms with Gasteiger partial charge in [-0.25, -0.2) is 4.79 Å². The fourth-order valence-corrected chi connectivity index (χ4v) is 2.51. The zero-order valence-electron chi connectivity index (χ0n) is 15.1. The lowest BCUT2D eigenvalue weighted by molar-refractivity contribution is -0.114. The zero-order valence-corrected chi connectivity index (χ0v) is 15.1. The summed E-state index contributed by atoms with van der Waals surface area (Å²) in [6.45, 7) is 6.53. The fraction of sp³-hybridized carbons (Fsp3) is 0.300. The van der Waals surface area contributed by atoms with E-state index in [0.29, 0.717) is 11.3 Å². The Labute approximate surface area is 148 Å². The van der Waals surface area contributed by atoms with E-state index in [1.165, 1.54) is 7.11 Å². The Morgan fingerprint density at radius 3 is 2.44 bits per heavy atom. The molecule has 132 valence electrons. The quantitative estimate of drug-likeness (QED) is 0.812. The lowest BCUT2D eigenvalue weighted by Crippen LogP contribution is -2.23. The fourth-order valence-electron chi connectivity index (χ4n) is 2.51. The van der Waals surface area contributed by atoms with Crippen LogP contribution < -0.4 is 10.6 Å². The second-order valence-corrected chi connectivity index (χ2v) is 6.77. The highest BCUT2D eigenvalue weighted by Crippen LogP contribution is 2.29. The number of rotatable bonds is 5. The normalized spacial score (nSPS) is 10.9. The number of benzene rings is 2. The van der Waals surface area contributed by atoms with Gasteiger partial charge in [0.2, 0.25) is 5.91 Å². The summed E-state index contributed by atoms with van der Waals surface area (Å²) < 4.78 is 4.68. The van der Waals surface area contributed by atoms with Crippen LogP contribution >= 0.6 is 0 Å².